The van der Waals surface area contributed by atoms with E-state index in [0.29, 0.717) is 10.9 Å². The van der Waals surface area contributed by atoms with E-state index in [1.807, 2.05) is 10.8 Å². The molecule has 0 unspecified atom stereocenters. The molecule has 1 aromatic carbocycles. The molecule has 4 heterocycles. The number of aliphatic carboxylic acids is 1. The number of nitrogens with zero attached hydrogens (tertiary/aromatic N) is 5. The standard InChI is InChI=1S/C32H40N6O2S.C2HF3O2/c1-32(2,3)23-6-9-26-22(18-23)19-28-30(35-26)41-31(36-28)29(40)34-27(12-16-37-14-10-25(39)11-15-37)21-4-7-24(8-5-21)38-17-13-33-20-38;3-2(4,5)1(6)7/h4-5,7-8,13,17,19-20,23,25,27,39H,6,9-12,14-16,18H2,1-3H3,(H,34,40);(H,6,7)/t23-,27+;/m0./s1. The number of halogens is 3. The fraction of sp³-hybridized carbons (Fsp3) is 0.500. The minimum Gasteiger partial charge on any atom is -0.475 e. The van der Waals surface area contributed by atoms with Gasteiger partial charge in [0.25, 0.3) is 5.91 Å². The molecule has 10 nitrogen and oxygen atoms in total. The molecule has 14 heteroatoms. The molecule has 4 aromatic rings. The summed E-state index contributed by atoms with van der Waals surface area (Å²) in [7, 11) is 0. The van der Waals surface area contributed by atoms with Crippen molar-refractivity contribution < 1.29 is 33.0 Å². The number of thiazole rings is 1. The van der Waals surface area contributed by atoms with Crippen LogP contribution in [0.5, 0.6) is 0 Å². The van der Waals surface area contributed by atoms with E-state index in [1.165, 1.54) is 16.9 Å². The number of rotatable bonds is 7. The summed E-state index contributed by atoms with van der Waals surface area (Å²) in [5, 5.41) is 20.8. The monoisotopic (exact) mass is 686 g/mol. The average Bonchev–Trinajstić information content (AvgIpc) is 3.72. The van der Waals surface area contributed by atoms with Gasteiger partial charge in [-0.25, -0.2) is 19.7 Å². The van der Waals surface area contributed by atoms with Crippen LogP contribution >= 0.6 is 11.3 Å². The molecule has 1 saturated heterocycles. The highest BCUT2D eigenvalue weighted by Crippen LogP contribution is 2.38. The molecule has 2 aliphatic rings. The van der Waals surface area contributed by atoms with E-state index < -0.39 is 12.1 Å². The molecular weight excluding hydrogens is 645 g/mol. The summed E-state index contributed by atoms with van der Waals surface area (Å²) < 4.78 is 33.7. The fourth-order valence-corrected chi connectivity index (χ4v) is 6.98. The Balaban J connectivity index is 0.000000582. The van der Waals surface area contributed by atoms with Gasteiger partial charge < -0.3 is 25.0 Å². The summed E-state index contributed by atoms with van der Waals surface area (Å²) in [6.07, 6.45) is 5.71. The number of benzene rings is 1. The van der Waals surface area contributed by atoms with E-state index in [1.54, 1.807) is 12.5 Å². The van der Waals surface area contributed by atoms with E-state index in [2.05, 4.69) is 66.3 Å². The third-order valence-corrected chi connectivity index (χ3v) is 10.1. The number of fused-ring (bicyclic) bond motifs is 2. The number of hydrogen-bond acceptors (Lipinski definition) is 8. The second-order valence-corrected chi connectivity index (χ2v) is 14.5. The minimum atomic E-state index is -5.08. The van der Waals surface area contributed by atoms with Gasteiger partial charge in [-0.05, 0) is 79.2 Å². The molecule has 3 aromatic heterocycles. The van der Waals surface area contributed by atoms with E-state index in [9.17, 15) is 23.1 Å². The third-order valence-electron chi connectivity index (χ3n) is 9.10. The number of carbonyl (C=O) groups excluding carboxylic acids is 1. The van der Waals surface area contributed by atoms with Crippen LogP contribution in [0.25, 0.3) is 16.0 Å². The predicted molar refractivity (Wildman–Crippen MR) is 176 cm³/mol. The first kappa shape index (κ1) is 35.4. The molecule has 0 bridgehead atoms. The SMILES string of the molecule is CC(C)(C)[C@H]1CCc2nc3sc(C(=O)N[C@H](CCN4CCC(O)CC4)c4ccc(-n5ccnc5)cc4)nc3cc2C1.O=C(O)C(F)(F)F. The van der Waals surface area contributed by atoms with Crippen molar-refractivity contribution in [2.24, 2.45) is 11.3 Å². The lowest BCUT2D eigenvalue weighted by molar-refractivity contribution is -0.192. The van der Waals surface area contributed by atoms with Crippen LogP contribution in [0.4, 0.5) is 13.2 Å². The number of aromatic nitrogens is 4. The number of amides is 1. The van der Waals surface area contributed by atoms with Gasteiger partial charge in [0.1, 0.15) is 10.3 Å². The largest absolute Gasteiger partial charge is 0.490 e. The molecule has 3 N–H and O–H groups in total. The first-order valence-corrected chi connectivity index (χ1v) is 16.9. The molecular formula is C34H41F3N6O4S. The molecule has 2 atom stereocenters. The lowest BCUT2D eigenvalue weighted by atomic mass is 9.71. The van der Waals surface area contributed by atoms with Crippen molar-refractivity contribution in [2.45, 2.75) is 77.6 Å². The summed E-state index contributed by atoms with van der Waals surface area (Å²) in [4.78, 5) is 39.6. The summed E-state index contributed by atoms with van der Waals surface area (Å²) in [5.74, 6) is -2.29. The van der Waals surface area contributed by atoms with Gasteiger partial charge >= 0.3 is 12.1 Å². The first-order valence-electron chi connectivity index (χ1n) is 16.1. The molecule has 0 radical (unpaired) electrons. The van der Waals surface area contributed by atoms with Crippen molar-refractivity contribution in [3.05, 3.63) is 70.9 Å². The van der Waals surface area contributed by atoms with Crippen molar-refractivity contribution in [1.82, 2.24) is 29.7 Å². The van der Waals surface area contributed by atoms with Crippen LogP contribution in [-0.4, -0.2) is 78.4 Å². The lowest BCUT2D eigenvalue weighted by Gasteiger charge is -2.34. The number of aryl methyl sites for hydroxylation is 1. The maximum absolute atomic E-state index is 13.6. The molecule has 1 amide bonds. The van der Waals surface area contributed by atoms with E-state index in [-0.39, 0.29) is 23.5 Å². The van der Waals surface area contributed by atoms with Gasteiger partial charge in [0.15, 0.2) is 5.01 Å². The van der Waals surface area contributed by atoms with E-state index in [0.717, 1.165) is 85.5 Å². The highest BCUT2D eigenvalue weighted by Gasteiger charge is 2.38. The Kier molecular flexibility index (Phi) is 10.9. The van der Waals surface area contributed by atoms with Gasteiger partial charge in [-0.2, -0.15) is 13.2 Å². The number of aliphatic hydroxyl groups excluding tert-OH is 1. The Hall–Kier alpha value is -3.88. The van der Waals surface area contributed by atoms with Gasteiger partial charge in [0.05, 0.1) is 18.5 Å². The van der Waals surface area contributed by atoms with Crippen molar-refractivity contribution in [3.63, 3.8) is 0 Å². The molecule has 6 rings (SSSR count). The molecule has 1 aliphatic carbocycles. The number of pyridine rings is 1. The predicted octanol–water partition coefficient (Wildman–Crippen LogP) is 5.98. The van der Waals surface area contributed by atoms with Gasteiger partial charge in [-0.1, -0.05) is 44.2 Å². The van der Waals surface area contributed by atoms with Crippen LogP contribution in [0.2, 0.25) is 0 Å². The van der Waals surface area contributed by atoms with Crippen LogP contribution in [0.1, 0.15) is 79.1 Å². The van der Waals surface area contributed by atoms with Crippen LogP contribution in [0.3, 0.4) is 0 Å². The van der Waals surface area contributed by atoms with Gasteiger partial charge in [0, 0.05) is 43.4 Å². The molecule has 48 heavy (non-hydrogen) atoms. The van der Waals surface area contributed by atoms with Gasteiger partial charge in [-0.3, -0.25) is 4.79 Å². The summed E-state index contributed by atoms with van der Waals surface area (Å²) in [6.45, 7) is 9.56. The Morgan fingerprint density at radius 2 is 1.77 bits per heavy atom. The van der Waals surface area contributed by atoms with Crippen LogP contribution in [0, 0.1) is 11.3 Å². The zero-order valence-electron chi connectivity index (χ0n) is 27.2. The quantitative estimate of drug-likeness (QED) is 0.216. The lowest BCUT2D eigenvalue weighted by Crippen LogP contribution is -2.38. The first-order chi connectivity index (χ1) is 22.7. The maximum atomic E-state index is 13.6. The number of aliphatic hydroxyl groups is 1. The smallest absolute Gasteiger partial charge is 0.475 e. The summed E-state index contributed by atoms with van der Waals surface area (Å²) >= 11 is 1.39. The topological polar surface area (TPSA) is 133 Å². The number of piperidine rings is 1. The average molecular weight is 687 g/mol. The zero-order chi connectivity index (χ0) is 34.6. The van der Waals surface area contributed by atoms with E-state index in [4.69, 9.17) is 19.9 Å². The number of nitrogens with one attached hydrogen (secondary N) is 1. The maximum Gasteiger partial charge on any atom is 0.490 e. The second-order valence-electron chi connectivity index (χ2n) is 13.5. The molecule has 1 aliphatic heterocycles. The number of hydrogen-bond donors (Lipinski definition) is 3. The van der Waals surface area contributed by atoms with Crippen molar-refractivity contribution in [1.29, 1.82) is 0 Å². The number of imidazole rings is 1. The normalized spacial score (nSPS) is 18.1. The van der Waals surface area contributed by atoms with Gasteiger partial charge in [0.2, 0.25) is 0 Å². The molecule has 0 spiro atoms. The molecule has 0 saturated carbocycles. The minimum absolute atomic E-state index is 0.156. The Labute approximate surface area is 281 Å². The van der Waals surface area contributed by atoms with Crippen LogP contribution in [-0.2, 0) is 17.6 Å². The third kappa shape index (κ3) is 8.97. The number of carboxylic acid groups (broad SMARTS) is 1. The van der Waals surface area contributed by atoms with Crippen LogP contribution in [0.15, 0.2) is 49.1 Å². The van der Waals surface area contributed by atoms with E-state index >= 15 is 0 Å². The summed E-state index contributed by atoms with van der Waals surface area (Å²) in [6, 6.07) is 10.3. The van der Waals surface area contributed by atoms with Crippen LogP contribution < -0.4 is 5.32 Å². The van der Waals surface area contributed by atoms with Crippen molar-refractivity contribution in [3.8, 4) is 5.69 Å². The number of carbonyl (C=O) groups is 2. The van der Waals surface area contributed by atoms with Crippen molar-refractivity contribution >= 4 is 33.6 Å². The highest BCUT2D eigenvalue weighted by atomic mass is 32.1. The van der Waals surface area contributed by atoms with Crippen molar-refractivity contribution in [2.75, 3.05) is 19.6 Å². The fourth-order valence-electron chi connectivity index (χ4n) is 6.14. The number of carboxylic acids is 1. The second kappa shape index (κ2) is 14.7. The molecule has 258 valence electrons. The van der Waals surface area contributed by atoms with Gasteiger partial charge in [-0.15, -0.1) is 0 Å². The summed E-state index contributed by atoms with van der Waals surface area (Å²) in [5.41, 5.74) is 5.61. The Morgan fingerprint density at radius 3 is 2.38 bits per heavy atom. The Bertz CT molecular complexity index is 1690. The highest BCUT2D eigenvalue weighted by molar-refractivity contribution is 7.19. The zero-order valence-corrected chi connectivity index (χ0v) is 28.0. The number of likely N-dealkylation sites (tertiary alicyclic amines) is 1. The molecule has 1 fully saturated rings. The Morgan fingerprint density at radius 1 is 1.08 bits per heavy atom. The number of alkyl halides is 3.